The van der Waals surface area contributed by atoms with Gasteiger partial charge < -0.3 is 9.55 Å². The Hall–Kier alpha value is -3.51. The highest BCUT2D eigenvalue weighted by Crippen LogP contribution is 2.31. The number of fused-ring (bicyclic) bond motifs is 2. The normalized spacial score (nSPS) is 11.4. The second kappa shape index (κ2) is 7.07. The van der Waals surface area contributed by atoms with Gasteiger partial charge in [0.1, 0.15) is 5.82 Å². The Balaban J connectivity index is 1.78. The first-order valence-electron chi connectivity index (χ1n) is 9.23. The van der Waals surface area contributed by atoms with Gasteiger partial charge in [-0.25, -0.2) is 13.8 Å². The fraction of sp³-hybridized carbons (Fsp3) is 0.0435. The van der Waals surface area contributed by atoms with E-state index in [1.54, 1.807) is 6.07 Å². The SMILES string of the molecule is O=c1cc(Cn2c(-c3ccccc3Cl)nc3ccccc32)c2ccc(F)c(F)c2[nH]1. The molecule has 0 aliphatic rings. The molecule has 0 saturated heterocycles. The van der Waals surface area contributed by atoms with Crippen LogP contribution in [-0.2, 0) is 6.54 Å². The van der Waals surface area contributed by atoms with Crippen molar-refractivity contribution in [3.05, 3.63) is 99.3 Å². The molecule has 3 aromatic carbocycles. The number of imidazole rings is 1. The molecule has 0 spiro atoms. The van der Waals surface area contributed by atoms with Gasteiger partial charge >= 0.3 is 0 Å². The summed E-state index contributed by atoms with van der Waals surface area (Å²) >= 11 is 6.42. The molecule has 5 aromatic rings. The molecule has 0 unspecified atom stereocenters. The fourth-order valence-electron chi connectivity index (χ4n) is 3.72. The minimum absolute atomic E-state index is 0.152. The summed E-state index contributed by atoms with van der Waals surface area (Å²) < 4.78 is 29.9. The van der Waals surface area contributed by atoms with E-state index in [1.807, 2.05) is 47.0 Å². The first-order valence-corrected chi connectivity index (χ1v) is 9.61. The van der Waals surface area contributed by atoms with Crippen LogP contribution in [0, 0.1) is 11.6 Å². The fourth-order valence-corrected chi connectivity index (χ4v) is 3.94. The highest BCUT2D eigenvalue weighted by Gasteiger charge is 2.17. The molecule has 1 N–H and O–H groups in total. The highest BCUT2D eigenvalue weighted by atomic mass is 35.5. The second-order valence-electron chi connectivity index (χ2n) is 6.93. The molecule has 4 nitrogen and oxygen atoms in total. The summed E-state index contributed by atoms with van der Waals surface area (Å²) in [5.41, 5.74) is 2.22. The van der Waals surface area contributed by atoms with Crippen LogP contribution in [0.2, 0.25) is 5.02 Å². The zero-order valence-electron chi connectivity index (χ0n) is 15.5. The molecule has 7 heteroatoms. The Kier molecular flexibility index (Phi) is 4.37. The number of aromatic amines is 1. The van der Waals surface area contributed by atoms with Crippen LogP contribution in [-0.4, -0.2) is 14.5 Å². The maximum atomic E-state index is 14.3. The van der Waals surface area contributed by atoms with Crippen LogP contribution in [0.1, 0.15) is 5.56 Å². The van der Waals surface area contributed by atoms with Crippen LogP contribution in [0.3, 0.4) is 0 Å². The summed E-state index contributed by atoms with van der Waals surface area (Å²) in [6.45, 7) is 0.229. The van der Waals surface area contributed by atoms with Gasteiger partial charge in [-0.15, -0.1) is 0 Å². The van der Waals surface area contributed by atoms with Crippen molar-refractivity contribution in [2.45, 2.75) is 6.54 Å². The third-order valence-corrected chi connectivity index (χ3v) is 5.42. The Morgan fingerprint density at radius 2 is 1.77 bits per heavy atom. The molecule has 0 fully saturated rings. The summed E-state index contributed by atoms with van der Waals surface area (Å²) in [4.78, 5) is 19.3. The number of nitrogens with zero attached hydrogens (tertiary/aromatic N) is 2. The van der Waals surface area contributed by atoms with Crippen LogP contribution in [0.15, 0.2) is 71.5 Å². The van der Waals surface area contributed by atoms with E-state index in [2.05, 4.69) is 4.98 Å². The first-order chi connectivity index (χ1) is 14.5. The number of benzene rings is 3. The van der Waals surface area contributed by atoms with Crippen molar-refractivity contribution in [3.8, 4) is 11.4 Å². The molecule has 2 heterocycles. The smallest absolute Gasteiger partial charge is 0.248 e. The zero-order chi connectivity index (χ0) is 20.8. The van der Waals surface area contributed by atoms with E-state index in [0.29, 0.717) is 21.8 Å². The largest absolute Gasteiger partial charge is 0.319 e. The molecule has 2 aromatic heterocycles. The topological polar surface area (TPSA) is 50.7 Å². The second-order valence-corrected chi connectivity index (χ2v) is 7.34. The minimum Gasteiger partial charge on any atom is -0.319 e. The van der Waals surface area contributed by atoms with Gasteiger partial charge in [-0.2, -0.15) is 0 Å². The van der Waals surface area contributed by atoms with E-state index in [-0.39, 0.29) is 12.1 Å². The van der Waals surface area contributed by atoms with E-state index in [0.717, 1.165) is 22.7 Å². The van der Waals surface area contributed by atoms with E-state index in [1.165, 1.54) is 12.1 Å². The van der Waals surface area contributed by atoms with E-state index < -0.39 is 17.2 Å². The third kappa shape index (κ3) is 2.97. The number of aromatic nitrogens is 3. The summed E-state index contributed by atoms with van der Waals surface area (Å²) in [6, 6.07) is 18.8. The van der Waals surface area contributed by atoms with Crippen molar-refractivity contribution in [2.75, 3.05) is 0 Å². The standard InChI is InChI=1S/C23H14ClF2N3O/c24-16-6-2-1-5-15(16)23-27-18-7-3-4-8-19(18)29(23)12-13-11-20(30)28-22-14(13)9-10-17(25)21(22)26/h1-11H,12H2,(H,28,30). The predicted molar refractivity (Wildman–Crippen MR) is 114 cm³/mol. The number of pyridine rings is 1. The molecule has 30 heavy (non-hydrogen) atoms. The molecule has 5 rings (SSSR count). The molecule has 0 aliphatic heterocycles. The van der Waals surface area contributed by atoms with Gasteiger partial charge in [-0.3, -0.25) is 4.79 Å². The van der Waals surface area contributed by atoms with Crippen LogP contribution in [0.25, 0.3) is 33.3 Å². The average molecular weight is 422 g/mol. The number of hydrogen-bond donors (Lipinski definition) is 1. The van der Waals surface area contributed by atoms with Crippen molar-refractivity contribution < 1.29 is 8.78 Å². The third-order valence-electron chi connectivity index (χ3n) is 5.09. The van der Waals surface area contributed by atoms with Crippen molar-refractivity contribution in [3.63, 3.8) is 0 Å². The van der Waals surface area contributed by atoms with Gasteiger partial charge in [-0.1, -0.05) is 35.9 Å². The van der Waals surface area contributed by atoms with Crippen molar-refractivity contribution in [1.82, 2.24) is 14.5 Å². The highest BCUT2D eigenvalue weighted by molar-refractivity contribution is 6.33. The Morgan fingerprint density at radius 3 is 2.60 bits per heavy atom. The van der Waals surface area contributed by atoms with E-state index in [9.17, 15) is 13.6 Å². The van der Waals surface area contributed by atoms with Crippen LogP contribution < -0.4 is 5.56 Å². The number of rotatable bonds is 3. The zero-order valence-corrected chi connectivity index (χ0v) is 16.3. The predicted octanol–water partition coefficient (Wildman–Crippen LogP) is 5.52. The first kappa shape index (κ1) is 18.5. The van der Waals surface area contributed by atoms with E-state index >= 15 is 0 Å². The maximum Gasteiger partial charge on any atom is 0.248 e. The number of para-hydroxylation sites is 2. The van der Waals surface area contributed by atoms with Gasteiger partial charge in [0, 0.05) is 17.0 Å². The van der Waals surface area contributed by atoms with Gasteiger partial charge in [0.15, 0.2) is 11.6 Å². The van der Waals surface area contributed by atoms with Gasteiger partial charge in [0.25, 0.3) is 0 Å². The molecule has 0 saturated carbocycles. The minimum atomic E-state index is -1.08. The van der Waals surface area contributed by atoms with Gasteiger partial charge in [0.05, 0.1) is 28.1 Å². The van der Waals surface area contributed by atoms with Gasteiger partial charge in [-0.05, 0) is 42.0 Å². The summed E-state index contributed by atoms with van der Waals surface area (Å²) in [6.07, 6.45) is 0. The molecule has 0 amide bonds. The molecular weight excluding hydrogens is 408 g/mol. The molecule has 0 bridgehead atoms. The lowest BCUT2D eigenvalue weighted by Crippen LogP contribution is -2.11. The Bertz CT molecular complexity index is 1490. The average Bonchev–Trinajstić information content (AvgIpc) is 3.10. The lowest BCUT2D eigenvalue weighted by atomic mass is 10.1. The maximum absolute atomic E-state index is 14.3. The number of hydrogen-bond acceptors (Lipinski definition) is 2. The monoisotopic (exact) mass is 421 g/mol. The van der Waals surface area contributed by atoms with Crippen LogP contribution in [0.5, 0.6) is 0 Å². The molecule has 0 atom stereocenters. The number of H-pyrrole nitrogens is 1. The van der Waals surface area contributed by atoms with Crippen LogP contribution in [0.4, 0.5) is 8.78 Å². The summed E-state index contributed by atoms with van der Waals surface area (Å²) in [7, 11) is 0. The summed E-state index contributed by atoms with van der Waals surface area (Å²) in [5, 5.41) is 0.967. The number of halogens is 3. The van der Waals surface area contributed by atoms with E-state index in [4.69, 9.17) is 16.6 Å². The molecule has 0 radical (unpaired) electrons. The lowest BCUT2D eigenvalue weighted by molar-refractivity contribution is 0.515. The van der Waals surface area contributed by atoms with Crippen molar-refractivity contribution >= 4 is 33.5 Å². The Morgan fingerprint density at radius 1 is 1.00 bits per heavy atom. The summed E-state index contributed by atoms with van der Waals surface area (Å²) in [5.74, 6) is -1.47. The Labute approximate surface area is 174 Å². The molecular formula is C23H14ClF2N3O. The quantitative estimate of drug-likeness (QED) is 0.416. The number of nitrogens with one attached hydrogen (secondary N) is 1. The van der Waals surface area contributed by atoms with Gasteiger partial charge in [0.2, 0.25) is 5.56 Å². The van der Waals surface area contributed by atoms with Crippen molar-refractivity contribution in [2.24, 2.45) is 0 Å². The lowest BCUT2D eigenvalue weighted by Gasteiger charge is -2.13. The molecule has 0 aliphatic carbocycles. The van der Waals surface area contributed by atoms with Crippen molar-refractivity contribution in [1.29, 1.82) is 0 Å². The molecule has 148 valence electrons. The van der Waals surface area contributed by atoms with Crippen LogP contribution >= 0.6 is 11.6 Å².